The standard InChI is InChI=1S/C26H26Cl3N3O3/c1-26(2,3)25(34)32-13-11-31(12-14-32)20-8-7-16(15-19(20)28)30-24(33)22-10-9-21(35-22)17-5-4-6-18(27)23(17)29/h4-10,15H,11-14H2,1-3H3,(H,30,33). The SMILES string of the molecule is CC(C)(C)C(=O)N1CCN(c2ccc(NC(=O)c3ccc(-c4cccc(Cl)c4Cl)o3)cc2Cl)CC1. The normalized spacial score (nSPS) is 14.2. The van der Waals surface area contributed by atoms with Crippen molar-refractivity contribution in [3.63, 3.8) is 0 Å². The fourth-order valence-corrected chi connectivity index (χ4v) is 4.65. The van der Waals surface area contributed by atoms with Crippen molar-refractivity contribution in [1.82, 2.24) is 4.90 Å². The van der Waals surface area contributed by atoms with Gasteiger partial charge in [0.15, 0.2) is 5.76 Å². The average molecular weight is 535 g/mol. The molecule has 0 saturated carbocycles. The van der Waals surface area contributed by atoms with E-state index in [2.05, 4.69) is 10.2 Å². The Labute approximate surface area is 219 Å². The topological polar surface area (TPSA) is 65.8 Å². The lowest BCUT2D eigenvalue weighted by Gasteiger charge is -2.39. The van der Waals surface area contributed by atoms with Gasteiger partial charge in [-0.05, 0) is 42.5 Å². The van der Waals surface area contributed by atoms with Crippen LogP contribution in [0.25, 0.3) is 11.3 Å². The second-order valence-electron chi connectivity index (χ2n) is 9.41. The Bertz CT molecular complexity index is 1260. The Morgan fingerprint density at radius 1 is 0.914 bits per heavy atom. The minimum Gasteiger partial charge on any atom is -0.451 e. The summed E-state index contributed by atoms with van der Waals surface area (Å²) in [6.07, 6.45) is 0. The van der Waals surface area contributed by atoms with E-state index in [1.54, 1.807) is 42.5 Å². The van der Waals surface area contributed by atoms with Gasteiger partial charge >= 0.3 is 0 Å². The van der Waals surface area contributed by atoms with Crippen molar-refractivity contribution in [2.24, 2.45) is 5.41 Å². The molecule has 1 aromatic heterocycles. The summed E-state index contributed by atoms with van der Waals surface area (Å²) in [5.74, 6) is 0.323. The van der Waals surface area contributed by atoms with Gasteiger partial charge in [-0.3, -0.25) is 9.59 Å². The maximum atomic E-state index is 12.7. The van der Waals surface area contributed by atoms with Crippen LogP contribution in [0.15, 0.2) is 52.9 Å². The number of benzene rings is 2. The Hall–Kier alpha value is -2.67. The summed E-state index contributed by atoms with van der Waals surface area (Å²) in [5, 5.41) is 4.10. The second kappa shape index (κ2) is 10.1. The highest BCUT2D eigenvalue weighted by molar-refractivity contribution is 6.43. The molecule has 0 aliphatic carbocycles. The number of amides is 2. The first-order chi connectivity index (χ1) is 16.5. The molecule has 0 spiro atoms. The number of furan rings is 1. The van der Waals surface area contributed by atoms with E-state index in [0.29, 0.717) is 58.3 Å². The number of hydrogen-bond donors (Lipinski definition) is 1. The zero-order valence-electron chi connectivity index (χ0n) is 19.7. The number of anilines is 2. The molecule has 4 rings (SSSR count). The summed E-state index contributed by atoms with van der Waals surface area (Å²) in [6.45, 7) is 8.46. The van der Waals surface area contributed by atoms with Gasteiger partial charge in [0, 0.05) is 42.8 Å². The minimum absolute atomic E-state index is 0.135. The molecule has 1 N–H and O–H groups in total. The highest BCUT2D eigenvalue weighted by atomic mass is 35.5. The molecule has 1 fully saturated rings. The summed E-state index contributed by atoms with van der Waals surface area (Å²) >= 11 is 18.9. The van der Waals surface area contributed by atoms with Crippen LogP contribution in [-0.4, -0.2) is 42.9 Å². The van der Waals surface area contributed by atoms with E-state index in [1.165, 1.54) is 0 Å². The lowest BCUT2D eigenvalue weighted by atomic mass is 9.94. The van der Waals surface area contributed by atoms with E-state index in [0.717, 1.165) is 5.69 Å². The predicted octanol–water partition coefficient (Wildman–Crippen LogP) is 6.85. The number of nitrogens with zero attached hydrogens (tertiary/aromatic N) is 2. The maximum absolute atomic E-state index is 12.7. The van der Waals surface area contributed by atoms with Gasteiger partial charge in [0.05, 0.1) is 20.8 Å². The zero-order chi connectivity index (χ0) is 25.3. The first-order valence-corrected chi connectivity index (χ1v) is 12.4. The van der Waals surface area contributed by atoms with Gasteiger partial charge in [0.25, 0.3) is 5.91 Å². The molecule has 0 atom stereocenters. The quantitative estimate of drug-likeness (QED) is 0.397. The summed E-state index contributed by atoms with van der Waals surface area (Å²) in [6, 6.07) is 13.8. The van der Waals surface area contributed by atoms with Gasteiger partial charge < -0.3 is 19.5 Å². The van der Waals surface area contributed by atoms with E-state index < -0.39 is 11.3 Å². The molecule has 1 saturated heterocycles. The third-order valence-corrected chi connectivity index (χ3v) is 6.92. The Morgan fingerprint density at radius 2 is 1.63 bits per heavy atom. The van der Waals surface area contributed by atoms with Crippen molar-refractivity contribution in [3.05, 3.63) is 69.4 Å². The van der Waals surface area contributed by atoms with Gasteiger partial charge in [0.2, 0.25) is 5.91 Å². The van der Waals surface area contributed by atoms with E-state index in [1.807, 2.05) is 31.7 Å². The molecule has 3 aromatic rings. The van der Waals surface area contributed by atoms with Crippen LogP contribution in [0.4, 0.5) is 11.4 Å². The first kappa shape index (κ1) is 25.4. The van der Waals surface area contributed by atoms with Crippen molar-refractivity contribution < 1.29 is 14.0 Å². The van der Waals surface area contributed by atoms with Crippen LogP contribution in [-0.2, 0) is 4.79 Å². The summed E-state index contributed by atoms with van der Waals surface area (Å²) in [7, 11) is 0. The number of carbonyl (C=O) groups excluding carboxylic acids is 2. The number of nitrogens with one attached hydrogen (secondary N) is 1. The predicted molar refractivity (Wildman–Crippen MR) is 142 cm³/mol. The lowest BCUT2D eigenvalue weighted by molar-refractivity contribution is -0.139. The number of halogens is 3. The van der Waals surface area contributed by atoms with Crippen LogP contribution >= 0.6 is 34.8 Å². The average Bonchev–Trinajstić information content (AvgIpc) is 3.30. The number of rotatable bonds is 4. The maximum Gasteiger partial charge on any atom is 0.291 e. The van der Waals surface area contributed by atoms with Crippen LogP contribution in [0.3, 0.4) is 0 Å². The van der Waals surface area contributed by atoms with E-state index in [9.17, 15) is 9.59 Å². The van der Waals surface area contributed by atoms with Crippen molar-refractivity contribution in [2.45, 2.75) is 20.8 Å². The Kier molecular flexibility index (Phi) is 7.36. The second-order valence-corrected chi connectivity index (χ2v) is 10.6. The van der Waals surface area contributed by atoms with Crippen LogP contribution in [0.1, 0.15) is 31.3 Å². The van der Waals surface area contributed by atoms with Crippen molar-refractivity contribution in [1.29, 1.82) is 0 Å². The minimum atomic E-state index is -0.410. The summed E-state index contributed by atoms with van der Waals surface area (Å²) in [4.78, 5) is 29.3. The fraction of sp³-hybridized carbons (Fsp3) is 0.308. The van der Waals surface area contributed by atoms with Crippen LogP contribution in [0, 0.1) is 5.41 Å². The Morgan fingerprint density at radius 3 is 2.29 bits per heavy atom. The molecule has 1 aliphatic heterocycles. The van der Waals surface area contributed by atoms with E-state index in [-0.39, 0.29) is 11.7 Å². The summed E-state index contributed by atoms with van der Waals surface area (Å²) in [5.41, 5.74) is 1.62. The number of carbonyl (C=O) groups is 2. The first-order valence-electron chi connectivity index (χ1n) is 11.2. The van der Waals surface area contributed by atoms with E-state index >= 15 is 0 Å². The monoisotopic (exact) mass is 533 g/mol. The van der Waals surface area contributed by atoms with Crippen LogP contribution < -0.4 is 10.2 Å². The molecule has 184 valence electrons. The molecule has 6 nitrogen and oxygen atoms in total. The van der Waals surface area contributed by atoms with Gasteiger partial charge in [-0.15, -0.1) is 0 Å². The molecule has 0 radical (unpaired) electrons. The molecular formula is C26H26Cl3N3O3. The molecule has 0 unspecified atom stereocenters. The highest BCUT2D eigenvalue weighted by Crippen LogP contribution is 2.35. The third kappa shape index (κ3) is 5.61. The largest absolute Gasteiger partial charge is 0.451 e. The van der Waals surface area contributed by atoms with Crippen molar-refractivity contribution in [3.8, 4) is 11.3 Å². The van der Waals surface area contributed by atoms with Crippen LogP contribution in [0.2, 0.25) is 15.1 Å². The number of piperazine rings is 1. The molecule has 0 bridgehead atoms. The third-order valence-electron chi connectivity index (χ3n) is 5.80. The molecule has 2 amide bonds. The fourth-order valence-electron chi connectivity index (χ4n) is 3.96. The molecular weight excluding hydrogens is 509 g/mol. The highest BCUT2D eigenvalue weighted by Gasteiger charge is 2.30. The number of hydrogen-bond acceptors (Lipinski definition) is 4. The zero-order valence-corrected chi connectivity index (χ0v) is 22.0. The molecule has 2 aromatic carbocycles. The molecule has 35 heavy (non-hydrogen) atoms. The van der Waals surface area contributed by atoms with Gasteiger partial charge in [-0.2, -0.15) is 0 Å². The van der Waals surface area contributed by atoms with Crippen LogP contribution in [0.5, 0.6) is 0 Å². The molecule has 1 aliphatic rings. The van der Waals surface area contributed by atoms with Gasteiger partial charge in [0.1, 0.15) is 5.76 Å². The summed E-state index contributed by atoms with van der Waals surface area (Å²) < 4.78 is 5.71. The Balaban J connectivity index is 1.41. The van der Waals surface area contributed by atoms with Gasteiger partial charge in [-0.25, -0.2) is 0 Å². The molecule has 9 heteroatoms. The van der Waals surface area contributed by atoms with Gasteiger partial charge in [-0.1, -0.05) is 61.6 Å². The smallest absolute Gasteiger partial charge is 0.291 e. The molecule has 2 heterocycles. The lowest BCUT2D eigenvalue weighted by Crippen LogP contribution is -2.51. The van der Waals surface area contributed by atoms with Crippen molar-refractivity contribution >= 4 is 58.0 Å². The van der Waals surface area contributed by atoms with E-state index in [4.69, 9.17) is 39.2 Å². The van der Waals surface area contributed by atoms with Crippen molar-refractivity contribution in [2.75, 3.05) is 36.4 Å².